The van der Waals surface area contributed by atoms with Crippen LogP contribution in [0.5, 0.6) is 5.88 Å². The molecule has 0 spiro atoms. The van der Waals surface area contributed by atoms with Crippen LogP contribution in [-0.2, 0) is 4.74 Å². The van der Waals surface area contributed by atoms with Gasteiger partial charge in [0.2, 0.25) is 5.88 Å². The Morgan fingerprint density at radius 3 is 2.52 bits per heavy atom. The average molecular weight is 381 g/mol. The average Bonchev–Trinajstić information content (AvgIpc) is 2.64. The summed E-state index contributed by atoms with van der Waals surface area (Å²) in [7, 11) is 1.33. The number of aromatic nitrogens is 1. The Morgan fingerprint density at radius 2 is 1.89 bits per heavy atom. The van der Waals surface area contributed by atoms with Crippen LogP contribution >= 0.6 is 0 Å². The molecule has 0 N–H and O–H groups in total. The maximum Gasteiger partial charge on any atom is 0.391 e. The summed E-state index contributed by atoms with van der Waals surface area (Å²) in [4.78, 5) is 16.1. The molecule has 0 bridgehead atoms. The largest absolute Gasteiger partial charge is 0.477 e. The fourth-order valence-corrected chi connectivity index (χ4v) is 3.56. The van der Waals surface area contributed by atoms with E-state index in [1.54, 1.807) is 18.2 Å². The number of rotatable bonds is 4. The third kappa shape index (κ3) is 4.51. The van der Waals surface area contributed by atoms with E-state index < -0.39 is 18.1 Å². The van der Waals surface area contributed by atoms with Crippen molar-refractivity contribution in [2.75, 3.05) is 13.7 Å². The normalized spacial score (nSPS) is 20.5. The van der Waals surface area contributed by atoms with Crippen molar-refractivity contribution >= 4 is 16.7 Å². The SMILES string of the molecule is COC(=O)c1ccc2c(OCC3CCC(C(F)(F)F)CC3)nc(C)cc2c1. The molecule has 2 aromatic rings. The number of ether oxygens (including phenoxy) is 2. The Bertz CT molecular complexity index is 827. The van der Waals surface area contributed by atoms with E-state index >= 15 is 0 Å². The van der Waals surface area contributed by atoms with Crippen molar-refractivity contribution in [2.45, 2.75) is 38.8 Å². The highest BCUT2D eigenvalue weighted by atomic mass is 19.4. The van der Waals surface area contributed by atoms with Gasteiger partial charge in [0.1, 0.15) is 0 Å². The number of hydrogen-bond acceptors (Lipinski definition) is 4. The number of carbonyl (C=O) groups excluding carboxylic acids is 1. The number of pyridine rings is 1. The van der Waals surface area contributed by atoms with Crippen molar-refractivity contribution in [3.05, 3.63) is 35.5 Å². The number of esters is 1. The molecule has 0 amide bonds. The summed E-state index contributed by atoms with van der Waals surface area (Å²) >= 11 is 0. The van der Waals surface area contributed by atoms with Crippen molar-refractivity contribution in [2.24, 2.45) is 11.8 Å². The molecule has 0 unspecified atom stereocenters. The minimum absolute atomic E-state index is 0.0929. The van der Waals surface area contributed by atoms with Gasteiger partial charge in [-0.1, -0.05) is 0 Å². The quantitative estimate of drug-likeness (QED) is 0.693. The van der Waals surface area contributed by atoms with Crippen LogP contribution in [0.4, 0.5) is 13.2 Å². The highest BCUT2D eigenvalue weighted by Crippen LogP contribution is 2.39. The minimum atomic E-state index is -4.10. The Hall–Kier alpha value is -2.31. The van der Waals surface area contributed by atoms with E-state index in [9.17, 15) is 18.0 Å². The lowest BCUT2D eigenvalue weighted by Gasteiger charge is -2.29. The van der Waals surface area contributed by atoms with Gasteiger partial charge in [0.25, 0.3) is 0 Å². The Balaban J connectivity index is 1.71. The first-order valence-electron chi connectivity index (χ1n) is 8.97. The van der Waals surface area contributed by atoms with Gasteiger partial charge in [0.05, 0.1) is 25.2 Å². The second-order valence-electron chi connectivity index (χ2n) is 7.07. The second-order valence-corrected chi connectivity index (χ2v) is 7.07. The van der Waals surface area contributed by atoms with E-state index in [1.165, 1.54) is 7.11 Å². The van der Waals surface area contributed by atoms with Crippen molar-refractivity contribution in [1.82, 2.24) is 4.98 Å². The molecule has 1 aromatic carbocycles. The summed E-state index contributed by atoms with van der Waals surface area (Å²) in [6.45, 7) is 2.17. The lowest BCUT2D eigenvalue weighted by atomic mass is 9.82. The third-order valence-electron chi connectivity index (χ3n) is 5.11. The van der Waals surface area contributed by atoms with Gasteiger partial charge in [-0.15, -0.1) is 0 Å². The first-order valence-corrected chi connectivity index (χ1v) is 8.97. The van der Waals surface area contributed by atoms with Crippen LogP contribution in [0, 0.1) is 18.8 Å². The number of nitrogens with zero attached hydrogens (tertiary/aromatic N) is 1. The van der Waals surface area contributed by atoms with Crippen LogP contribution in [0.2, 0.25) is 0 Å². The standard InChI is InChI=1S/C20H22F3NO3/c1-12-9-15-10-14(19(25)26-2)5-8-17(15)18(24-12)27-11-13-3-6-16(7-4-13)20(21,22)23/h5,8-10,13,16H,3-4,6-7,11H2,1-2H3. The maximum atomic E-state index is 12.8. The van der Waals surface area contributed by atoms with Gasteiger partial charge in [-0.25, -0.2) is 9.78 Å². The molecule has 0 saturated heterocycles. The molecule has 0 radical (unpaired) electrons. The molecule has 0 atom stereocenters. The number of fused-ring (bicyclic) bond motifs is 1. The molecule has 3 rings (SSSR count). The van der Waals surface area contributed by atoms with E-state index in [0.717, 1.165) is 16.5 Å². The molecule has 1 fully saturated rings. The number of methoxy groups -OCH3 is 1. The molecule has 27 heavy (non-hydrogen) atoms. The Kier molecular flexibility index (Phi) is 5.58. The fourth-order valence-electron chi connectivity index (χ4n) is 3.56. The highest BCUT2D eigenvalue weighted by molar-refractivity contribution is 5.96. The number of hydrogen-bond donors (Lipinski definition) is 0. The number of halogens is 3. The van der Waals surface area contributed by atoms with Crippen LogP contribution in [0.1, 0.15) is 41.7 Å². The molecule has 4 nitrogen and oxygen atoms in total. The zero-order valence-corrected chi connectivity index (χ0v) is 15.3. The Morgan fingerprint density at radius 1 is 1.19 bits per heavy atom. The van der Waals surface area contributed by atoms with Crippen LogP contribution < -0.4 is 4.74 Å². The van der Waals surface area contributed by atoms with Gasteiger partial charge in [-0.05, 0) is 68.2 Å². The summed E-state index contributed by atoms with van der Waals surface area (Å²) in [6, 6.07) is 6.97. The van der Waals surface area contributed by atoms with E-state index in [4.69, 9.17) is 9.47 Å². The van der Waals surface area contributed by atoms with Gasteiger partial charge in [-0.2, -0.15) is 13.2 Å². The minimum Gasteiger partial charge on any atom is -0.477 e. The van der Waals surface area contributed by atoms with Gasteiger partial charge < -0.3 is 9.47 Å². The first kappa shape index (κ1) is 19.5. The predicted molar refractivity (Wildman–Crippen MR) is 94.8 cm³/mol. The lowest BCUT2D eigenvalue weighted by Crippen LogP contribution is -2.29. The monoisotopic (exact) mass is 381 g/mol. The summed E-state index contributed by atoms with van der Waals surface area (Å²) in [5, 5.41) is 1.57. The first-order chi connectivity index (χ1) is 12.8. The molecule has 146 valence electrons. The molecule has 7 heteroatoms. The summed E-state index contributed by atoms with van der Waals surface area (Å²) in [6.07, 6.45) is -2.79. The van der Waals surface area contributed by atoms with E-state index in [2.05, 4.69) is 4.98 Å². The topological polar surface area (TPSA) is 48.4 Å². The van der Waals surface area contributed by atoms with Gasteiger partial charge in [-0.3, -0.25) is 0 Å². The van der Waals surface area contributed by atoms with Crippen LogP contribution in [0.15, 0.2) is 24.3 Å². The van der Waals surface area contributed by atoms with E-state index in [-0.39, 0.29) is 18.8 Å². The number of carbonyl (C=O) groups is 1. The zero-order valence-electron chi connectivity index (χ0n) is 15.3. The van der Waals surface area contributed by atoms with Crippen molar-refractivity contribution in [3.8, 4) is 5.88 Å². The third-order valence-corrected chi connectivity index (χ3v) is 5.11. The lowest BCUT2D eigenvalue weighted by molar-refractivity contribution is -0.184. The van der Waals surface area contributed by atoms with E-state index in [0.29, 0.717) is 30.9 Å². The van der Waals surface area contributed by atoms with Crippen molar-refractivity contribution in [1.29, 1.82) is 0 Å². The molecule has 1 aliphatic carbocycles. The van der Waals surface area contributed by atoms with Crippen LogP contribution in [-0.4, -0.2) is 30.8 Å². The molecular weight excluding hydrogens is 359 g/mol. The van der Waals surface area contributed by atoms with E-state index in [1.807, 2.05) is 13.0 Å². The van der Waals surface area contributed by atoms with Gasteiger partial charge in [0, 0.05) is 11.1 Å². The zero-order chi connectivity index (χ0) is 19.6. The predicted octanol–water partition coefficient (Wildman–Crippen LogP) is 5.08. The second kappa shape index (κ2) is 7.74. The molecule has 1 aromatic heterocycles. The van der Waals surface area contributed by atoms with Crippen LogP contribution in [0.25, 0.3) is 10.8 Å². The Labute approximate surface area is 155 Å². The number of benzene rings is 1. The highest BCUT2D eigenvalue weighted by Gasteiger charge is 2.41. The maximum absolute atomic E-state index is 12.8. The van der Waals surface area contributed by atoms with Crippen molar-refractivity contribution < 1.29 is 27.4 Å². The van der Waals surface area contributed by atoms with Gasteiger partial charge >= 0.3 is 12.1 Å². The molecular formula is C20H22F3NO3. The smallest absolute Gasteiger partial charge is 0.391 e. The molecule has 1 saturated carbocycles. The van der Waals surface area contributed by atoms with Crippen LogP contribution in [0.3, 0.4) is 0 Å². The summed E-state index contributed by atoms with van der Waals surface area (Å²) < 4.78 is 49.0. The molecule has 0 aliphatic heterocycles. The number of alkyl halides is 3. The number of aryl methyl sites for hydroxylation is 1. The summed E-state index contributed by atoms with van der Waals surface area (Å²) in [5.41, 5.74) is 1.17. The van der Waals surface area contributed by atoms with Crippen molar-refractivity contribution in [3.63, 3.8) is 0 Å². The fraction of sp³-hybridized carbons (Fsp3) is 0.500. The molecule has 1 aliphatic rings. The van der Waals surface area contributed by atoms with Gasteiger partial charge in [0.15, 0.2) is 0 Å². The summed E-state index contributed by atoms with van der Waals surface area (Å²) in [5.74, 6) is -1.08. The molecule has 1 heterocycles.